The van der Waals surface area contributed by atoms with E-state index in [0.29, 0.717) is 12.4 Å². The largest absolute Gasteiger partial charge is 0.479 e. The second-order valence-corrected chi connectivity index (χ2v) is 4.74. The van der Waals surface area contributed by atoms with Gasteiger partial charge in [0, 0.05) is 12.4 Å². The number of hydrogen-bond acceptors (Lipinski definition) is 2. The third kappa shape index (κ3) is 2.39. The molecular formula is C13H16ClNO2. The second-order valence-electron chi connectivity index (χ2n) is 4.44. The van der Waals surface area contributed by atoms with E-state index in [1.807, 2.05) is 31.2 Å². The van der Waals surface area contributed by atoms with Crippen molar-refractivity contribution < 1.29 is 9.53 Å². The number of rotatable bonds is 3. The molecule has 2 rings (SSSR count). The van der Waals surface area contributed by atoms with Gasteiger partial charge in [0.05, 0.1) is 5.69 Å². The molecule has 0 N–H and O–H groups in total. The van der Waals surface area contributed by atoms with Crippen LogP contribution in [0.25, 0.3) is 0 Å². The van der Waals surface area contributed by atoms with Gasteiger partial charge in [-0.05, 0) is 25.0 Å². The van der Waals surface area contributed by atoms with Crippen molar-refractivity contribution in [2.24, 2.45) is 5.92 Å². The molecule has 3 nitrogen and oxygen atoms in total. The monoisotopic (exact) mass is 253 g/mol. The standard InChI is InChI=1S/C13H16ClNO2/c1-9(7-14)8-15-11-5-3-4-6-12(11)17-10(2)13(15)16/h3-6,9-10H,7-8H2,1-2H3. The molecule has 0 aromatic heterocycles. The lowest BCUT2D eigenvalue weighted by atomic mass is 10.1. The van der Waals surface area contributed by atoms with Crippen molar-refractivity contribution in [3.05, 3.63) is 24.3 Å². The molecule has 0 saturated carbocycles. The maximum absolute atomic E-state index is 12.1. The summed E-state index contributed by atoms with van der Waals surface area (Å²) in [6.07, 6.45) is -0.424. The summed E-state index contributed by atoms with van der Waals surface area (Å²) in [7, 11) is 0. The van der Waals surface area contributed by atoms with E-state index >= 15 is 0 Å². The molecule has 92 valence electrons. The van der Waals surface area contributed by atoms with Crippen LogP contribution in [0.4, 0.5) is 5.69 Å². The zero-order chi connectivity index (χ0) is 12.4. The number of benzene rings is 1. The van der Waals surface area contributed by atoms with Gasteiger partial charge in [-0.2, -0.15) is 0 Å². The van der Waals surface area contributed by atoms with Crippen LogP contribution >= 0.6 is 11.6 Å². The Hall–Kier alpha value is -1.22. The van der Waals surface area contributed by atoms with Gasteiger partial charge in [0.1, 0.15) is 5.75 Å². The van der Waals surface area contributed by atoms with Crippen LogP contribution in [-0.4, -0.2) is 24.4 Å². The highest BCUT2D eigenvalue weighted by molar-refractivity contribution is 6.18. The first-order chi connectivity index (χ1) is 8.13. The van der Waals surface area contributed by atoms with Gasteiger partial charge in [0.25, 0.3) is 5.91 Å². The van der Waals surface area contributed by atoms with Gasteiger partial charge in [-0.1, -0.05) is 19.1 Å². The SMILES string of the molecule is CC(CCl)CN1C(=O)C(C)Oc2ccccc21. The molecule has 2 unspecified atom stereocenters. The summed E-state index contributed by atoms with van der Waals surface area (Å²) < 4.78 is 5.57. The molecular weight excluding hydrogens is 238 g/mol. The maximum atomic E-state index is 12.1. The van der Waals surface area contributed by atoms with Gasteiger partial charge < -0.3 is 9.64 Å². The minimum Gasteiger partial charge on any atom is -0.479 e. The van der Waals surface area contributed by atoms with E-state index < -0.39 is 6.10 Å². The molecule has 1 amide bonds. The Balaban J connectivity index is 2.32. The maximum Gasteiger partial charge on any atom is 0.267 e. The molecule has 1 aliphatic rings. The summed E-state index contributed by atoms with van der Waals surface area (Å²) >= 11 is 5.81. The third-order valence-corrected chi connectivity index (χ3v) is 3.36. The predicted molar refractivity (Wildman–Crippen MR) is 68.8 cm³/mol. The highest BCUT2D eigenvalue weighted by Gasteiger charge is 2.31. The fourth-order valence-electron chi connectivity index (χ4n) is 1.91. The summed E-state index contributed by atoms with van der Waals surface area (Å²) in [6, 6.07) is 7.60. The molecule has 0 bridgehead atoms. The Morgan fingerprint density at radius 1 is 1.47 bits per heavy atom. The van der Waals surface area contributed by atoms with E-state index in [0.717, 1.165) is 11.4 Å². The molecule has 1 aliphatic heterocycles. The number of para-hydroxylation sites is 2. The number of halogens is 1. The lowest BCUT2D eigenvalue weighted by molar-refractivity contribution is -0.125. The number of amides is 1. The number of nitrogens with zero attached hydrogens (tertiary/aromatic N) is 1. The van der Waals surface area contributed by atoms with Gasteiger partial charge in [0.15, 0.2) is 6.10 Å². The number of hydrogen-bond donors (Lipinski definition) is 0. The molecule has 1 heterocycles. The fraction of sp³-hybridized carbons (Fsp3) is 0.462. The minimum atomic E-state index is -0.424. The van der Waals surface area contributed by atoms with Gasteiger partial charge in [0.2, 0.25) is 0 Å². The molecule has 0 aliphatic carbocycles. The molecule has 4 heteroatoms. The Labute approximate surface area is 106 Å². The van der Waals surface area contributed by atoms with Crippen molar-refractivity contribution in [1.82, 2.24) is 0 Å². The number of anilines is 1. The third-order valence-electron chi connectivity index (χ3n) is 2.83. The van der Waals surface area contributed by atoms with Crippen LogP contribution in [0, 0.1) is 5.92 Å². The van der Waals surface area contributed by atoms with Gasteiger partial charge in [-0.3, -0.25) is 4.79 Å². The number of ether oxygens (including phenoxy) is 1. The van der Waals surface area contributed by atoms with Crippen LogP contribution < -0.4 is 9.64 Å². The number of fused-ring (bicyclic) bond motifs is 1. The predicted octanol–water partition coefficient (Wildman–Crippen LogP) is 2.68. The van der Waals surface area contributed by atoms with Gasteiger partial charge in [-0.25, -0.2) is 0 Å². The number of carbonyl (C=O) groups excluding carboxylic acids is 1. The Kier molecular flexibility index (Phi) is 3.57. The van der Waals surface area contributed by atoms with E-state index in [4.69, 9.17) is 16.3 Å². The summed E-state index contributed by atoms with van der Waals surface area (Å²) in [5.74, 6) is 1.57. The molecule has 0 fully saturated rings. The van der Waals surface area contributed by atoms with Crippen LogP contribution in [0.15, 0.2) is 24.3 Å². The summed E-state index contributed by atoms with van der Waals surface area (Å²) in [5.41, 5.74) is 0.840. The normalized spacial score (nSPS) is 20.8. The lowest BCUT2D eigenvalue weighted by Crippen LogP contribution is -2.46. The van der Waals surface area contributed by atoms with E-state index in [1.165, 1.54) is 0 Å². The number of alkyl halides is 1. The van der Waals surface area contributed by atoms with E-state index in [-0.39, 0.29) is 11.8 Å². The van der Waals surface area contributed by atoms with Crippen molar-refractivity contribution in [2.75, 3.05) is 17.3 Å². The second kappa shape index (κ2) is 4.96. The molecule has 1 aromatic carbocycles. The Bertz CT molecular complexity index is 422. The lowest BCUT2D eigenvalue weighted by Gasteiger charge is -2.34. The number of carbonyl (C=O) groups is 1. The van der Waals surface area contributed by atoms with Crippen LogP contribution in [0.1, 0.15) is 13.8 Å². The minimum absolute atomic E-state index is 0.000617. The first kappa shape index (κ1) is 12.2. The molecule has 0 spiro atoms. The van der Waals surface area contributed by atoms with Crippen LogP contribution in [0.3, 0.4) is 0 Å². The van der Waals surface area contributed by atoms with E-state index in [2.05, 4.69) is 0 Å². The first-order valence-electron chi connectivity index (χ1n) is 5.76. The summed E-state index contributed by atoms with van der Waals surface area (Å²) in [6.45, 7) is 4.44. The van der Waals surface area contributed by atoms with Crippen molar-refractivity contribution in [1.29, 1.82) is 0 Å². The quantitative estimate of drug-likeness (QED) is 0.775. The first-order valence-corrected chi connectivity index (χ1v) is 6.30. The van der Waals surface area contributed by atoms with E-state index in [1.54, 1.807) is 11.8 Å². The topological polar surface area (TPSA) is 29.5 Å². The van der Waals surface area contributed by atoms with Crippen molar-refractivity contribution in [3.63, 3.8) is 0 Å². The summed E-state index contributed by atoms with van der Waals surface area (Å²) in [5, 5.41) is 0. The van der Waals surface area contributed by atoms with Crippen molar-refractivity contribution >= 4 is 23.2 Å². The van der Waals surface area contributed by atoms with E-state index in [9.17, 15) is 4.79 Å². The zero-order valence-corrected chi connectivity index (χ0v) is 10.8. The van der Waals surface area contributed by atoms with Crippen LogP contribution in [0.2, 0.25) is 0 Å². The highest BCUT2D eigenvalue weighted by atomic mass is 35.5. The molecule has 1 aromatic rings. The fourth-order valence-corrected chi connectivity index (χ4v) is 2.01. The average molecular weight is 254 g/mol. The Morgan fingerprint density at radius 3 is 2.88 bits per heavy atom. The van der Waals surface area contributed by atoms with Gasteiger partial charge in [-0.15, -0.1) is 11.6 Å². The molecule has 0 radical (unpaired) electrons. The highest BCUT2D eigenvalue weighted by Crippen LogP contribution is 2.34. The molecule has 17 heavy (non-hydrogen) atoms. The van der Waals surface area contributed by atoms with Gasteiger partial charge >= 0.3 is 0 Å². The smallest absolute Gasteiger partial charge is 0.267 e. The summed E-state index contributed by atoms with van der Waals surface area (Å²) in [4.78, 5) is 13.9. The Morgan fingerprint density at radius 2 is 2.18 bits per heavy atom. The van der Waals surface area contributed by atoms with Crippen LogP contribution in [-0.2, 0) is 4.79 Å². The van der Waals surface area contributed by atoms with Crippen molar-refractivity contribution in [3.8, 4) is 5.75 Å². The van der Waals surface area contributed by atoms with Crippen molar-refractivity contribution in [2.45, 2.75) is 20.0 Å². The molecule has 2 atom stereocenters. The zero-order valence-electron chi connectivity index (χ0n) is 10.0. The average Bonchev–Trinajstić information content (AvgIpc) is 2.34. The van der Waals surface area contributed by atoms with Crippen LogP contribution in [0.5, 0.6) is 5.75 Å². The molecule has 0 saturated heterocycles.